The number of fused-ring (bicyclic) bond motifs is 4. The number of nitrogens with one attached hydrogen (secondary N) is 3. The van der Waals surface area contributed by atoms with Crippen molar-refractivity contribution < 1.29 is 24.0 Å². The van der Waals surface area contributed by atoms with Crippen LogP contribution in [0, 0.1) is 5.92 Å². The number of likely N-dealkylation sites (tertiary alicyclic amines) is 1. The number of aromatic nitrogens is 4. The number of imidazole rings is 1. The summed E-state index contributed by atoms with van der Waals surface area (Å²) in [6, 6.07) is 24.5. The lowest BCUT2D eigenvalue weighted by Gasteiger charge is -2.31. The molecule has 3 heterocycles. The van der Waals surface area contributed by atoms with Crippen LogP contribution in [0.1, 0.15) is 41.0 Å². The van der Waals surface area contributed by atoms with Crippen molar-refractivity contribution in [2.75, 3.05) is 25.4 Å². The number of hydrogen-bond donors (Lipinski definition) is 3. The number of ether oxygens (including phenoxy) is 2. The molecule has 0 saturated carbocycles. The highest BCUT2D eigenvalue weighted by molar-refractivity contribution is 5.80. The van der Waals surface area contributed by atoms with Crippen LogP contribution in [-0.4, -0.2) is 51.5 Å². The molecule has 5 aromatic rings. The second kappa shape index (κ2) is 12.3. The van der Waals surface area contributed by atoms with Crippen LogP contribution in [0.2, 0.25) is 0 Å². The maximum absolute atomic E-state index is 13.0. The maximum atomic E-state index is 13.0. The predicted molar refractivity (Wildman–Crippen MR) is 167 cm³/mol. The summed E-state index contributed by atoms with van der Waals surface area (Å²) in [6.45, 7) is 2.03. The molecule has 45 heavy (non-hydrogen) atoms. The Bertz CT molecular complexity index is 1800. The second-order valence-corrected chi connectivity index (χ2v) is 11.4. The Kier molecular flexibility index (Phi) is 7.73. The van der Waals surface area contributed by atoms with Crippen LogP contribution in [0.25, 0.3) is 22.3 Å². The number of hydrogen-bond acceptors (Lipinski definition) is 7. The highest BCUT2D eigenvalue weighted by atomic mass is 16.6. The normalized spacial score (nSPS) is 14.6. The fourth-order valence-electron chi connectivity index (χ4n) is 6.22. The first-order valence-electron chi connectivity index (χ1n) is 15.1. The van der Waals surface area contributed by atoms with E-state index >= 15 is 0 Å². The summed E-state index contributed by atoms with van der Waals surface area (Å²) in [5.74, 6) is 0.579. The minimum Gasteiger partial charge on any atom is -0.461 e. The van der Waals surface area contributed by atoms with E-state index in [9.17, 15) is 9.59 Å². The van der Waals surface area contributed by atoms with Gasteiger partial charge in [0.05, 0.1) is 6.33 Å². The molecule has 2 aromatic heterocycles. The van der Waals surface area contributed by atoms with Gasteiger partial charge in [-0.1, -0.05) is 72.8 Å². The van der Waals surface area contributed by atoms with Crippen molar-refractivity contribution in [2.24, 2.45) is 5.92 Å². The summed E-state index contributed by atoms with van der Waals surface area (Å²) in [6.07, 6.45) is 2.42. The number of anilines is 1. The molecule has 0 radical (unpaired) electrons. The molecule has 1 saturated heterocycles. The molecule has 2 amide bonds. The highest BCUT2D eigenvalue weighted by Crippen LogP contribution is 2.44. The number of nitrogens with two attached hydrogens (primary N) is 1. The largest absolute Gasteiger partial charge is 0.461 e. The Morgan fingerprint density at radius 1 is 0.956 bits per heavy atom. The van der Waals surface area contributed by atoms with E-state index in [0.29, 0.717) is 62.7 Å². The minimum atomic E-state index is -0.320. The monoisotopic (exact) mass is 604 g/mol. The molecule has 1 fully saturated rings. The zero-order valence-electron chi connectivity index (χ0n) is 24.7. The number of nitrogen functional groups attached to an aromatic ring is 1. The molecule has 0 bridgehead atoms. The second-order valence-electron chi connectivity index (χ2n) is 11.4. The van der Waals surface area contributed by atoms with Gasteiger partial charge in [0.15, 0.2) is 5.52 Å². The molecule has 0 atom stereocenters. The van der Waals surface area contributed by atoms with Crippen LogP contribution in [0.5, 0.6) is 5.88 Å². The topological polar surface area (TPSA) is 150 Å². The van der Waals surface area contributed by atoms with E-state index in [-0.39, 0.29) is 29.8 Å². The summed E-state index contributed by atoms with van der Waals surface area (Å²) in [5.41, 5.74) is 13.7. The number of rotatable bonds is 8. The van der Waals surface area contributed by atoms with Crippen molar-refractivity contribution in [3.05, 3.63) is 101 Å². The Balaban J connectivity index is 0.857. The number of carbonyl (C=O) groups is 2. The van der Waals surface area contributed by atoms with Gasteiger partial charge < -0.3 is 24.7 Å². The lowest BCUT2D eigenvalue weighted by atomic mass is 9.96. The first-order chi connectivity index (χ1) is 22.0. The molecule has 11 heteroatoms. The molecule has 5 N–H and O–H groups in total. The van der Waals surface area contributed by atoms with Gasteiger partial charge in [-0.3, -0.25) is 10.5 Å². The fourth-order valence-corrected chi connectivity index (χ4v) is 6.22. The zero-order chi connectivity index (χ0) is 30.8. The summed E-state index contributed by atoms with van der Waals surface area (Å²) in [7, 11) is 0. The summed E-state index contributed by atoms with van der Waals surface area (Å²) in [4.78, 5) is 41.7. The van der Waals surface area contributed by atoms with Gasteiger partial charge in [0.2, 0.25) is 5.91 Å². The molecular weight excluding hydrogens is 570 g/mol. The van der Waals surface area contributed by atoms with E-state index in [0.717, 1.165) is 11.1 Å². The molecule has 228 valence electrons. The standard InChI is InChI=1S/C34H33N7O4/c35-33-39-30-29(37-20-38-30)32(40-33)44-18-22-11-9-21(10-12-22)17-36-31(42)23-13-15-41(16-14-23)34(43)45-19-28-26-7-3-1-5-24(26)25-6-2-4-8-27(25)28/h1-12,20,23,28H,13-19H2,(H,36,42)(H3,35,37,38,39,40)/p+1. The Morgan fingerprint density at radius 3 is 2.33 bits per heavy atom. The minimum absolute atomic E-state index is 0.00369. The summed E-state index contributed by atoms with van der Waals surface area (Å²) >= 11 is 0. The molecule has 11 nitrogen and oxygen atoms in total. The van der Waals surface area contributed by atoms with E-state index in [2.05, 4.69) is 49.5 Å². The molecule has 2 aliphatic rings. The highest BCUT2D eigenvalue weighted by Gasteiger charge is 2.31. The van der Waals surface area contributed by atoms with Crippen molar-refractivity contribution in [3.8, 4) is 17.0 Å². The first kappa shape index (κ1) is 28.3. The smallest absolute Gasteiger partial charge is 0.409 e. The van der Waals surface area contributed by atoms with Gasteiger partial charge in [-0.2, -0.15) is 0 Å². The first-order valence-corrected chi connectivity index (χ1v) is 15.1. The molecule has 0 spiro atoms. The van der Waals surface area contributed by atoms with Crippen LogP contribution < -0.4 is 20.8 Å². The molecule has 7 rings (SSSR count). The average molecular weight is 605 g/mol. The third-order valence-electron chi connectivity index (χ3n) is 8.65. The van der Waals surface area contributed by atoms with E-state index in [1.54, 1.807) is 4.90 Å². The molecule has 0 unspecified atom stereocenters. The maximum Gasteiger partial charge on any atom is 0.409 e. The SMILES string of the molecule is Nc1nc2nc[nH]c2c(OCc2ccc(CNC(=O)C3CCN(C(=O)OCC4c5ccccc5-c5ccccc54)CC3)cc2)[nH+]1. The number of carbonyl (C=O) groups excluding carboxylic acids is 2. The molecule has 3 aromatic carbocycles. The Morgan fingerprint density at radius 2 is 1.62 bits per heavy atom. The lowest BCUT2D eigenvalue weighted by molar-refractivity contribution is -0.380. The quantitative estimate of drug-likeness (QED) is 0.240. The van der Waals surface area contributed by atoms with E-state index in [4.69, 9.17) is 15.2 Å². The van der Waals surface area contributed by atoms with E-state index < -0.39 is 0 Å². The van der Waals surface area contributed by atoms with Crippen molar-refractivity contribution in [3.63, 3.8) is 0 Å². The van der Waals surface area contributed by atoms with Crippen LogP contribution in [0.4, 0.5) is 10.7 Å². The van der Waals surface area contributed by atoms with E-state index in [1.807, 2.05) is 48.5 Å². The van der Waals surface area contributed by atoms with Gasteiger partial charge in [-0.25, -0.2) is 14.8 Å². The number of H-pyrrole nitrogens is 2. The number of aromatic amines is 2. The molecular formula is C34H34N7O4+. The van der Waals surface area contributed by atoms with Gasteiger partial charge >= 0.3 is 12.0 Å². The fraction of sp³-hybridized carbons (Fsp3) is 0.265. The molecule has 1 aliphatic carbocycles. The summed E-state index contributed by atoms with van der Waals surface area (Å²) in [5, 5.41) is 3.05. The number of nitrogens with zero attached hydrogens (tertiary/aromatic N) is 3. The van der Waals surface area contributed by atoms with Gasteiger partial charge in [-0.05, 0) is 51.2 Å². The van der Waals surface area contributed by atoms with Gasteiger partial charge in [0.1, 0.15) is 13.2 Å². The van der Waals surface area contributed by atoms with Crippen LogP contribution in [0.15, 0.2) is 79.1 Å². The van der Waals surface area contributed by atoms with E-state index in [1.165, 1.54) is 28.6 Å². The Hall–Kier alpha value is -5.45. The average Bonchev–Trinajstić information content (AvgIpc) is 3.68. The third kappa shape index (κ3) is 5.88. The number of amides is 2. The zero-order valence-corrected chi connectivity index (χ0v) is 24.7. The van der Waals surface area contributed by atoms with Gasteiger partial charge in [-0.15, -0.1) is 0 Å². The van der Waals surface area contributed by atoms with Crippen LogP contribution in [-0.2, 0) is 22.7 Å². The van der Waals surface area contributed by atoms with Crippen LogP contribution in [0.3, 0.4) is 0 Å². The number of benzene rings is 3. The Labute approximate surface area is 259 Å². The van der Waals surface area contributed by atoms with Crippen molar-refractivity contribution in [1.29, 1.82) is 0 Å². The van der Waals surface area contributed by atoms with Gasteiger partial charge in [0.25, 0.3) is 11.5 Å². The number of piperidine rings is 1. The van der Waals surface area contributed by atoms with Crippen molar-refractivity contribution in [2.45, 2.75) is 31.9 Å². The van der Waals surface area contributed by atoms with Gasteiger partial charge in [0, 0.05) is 31.5 Å². The van der Waals surface area contributed by atoms with Crippen molar-refractivity contribution in [1.82, 2.24) is 25.2 Å². The van der Waals surface area contributed by atoms with Crippen molar-refractivity contribution >= 4 is 29.1 Å². The lowest BCUT2D eigenvalue weighted by Crippen LogP contribution is -2.43. The third-order valence-corrected chi connectivity index (χ3v) is 8.65. The molecule has 1 aliphatic heterocycles. The van der Waals surface area contributed by atoms with Crippen LogP contribution >= 0.6 is 0 Å². The summed E-state index contributed by atoms with van der Waals surface area (Å²) < 4.78 is 11.7. The predicted octanol–water partition coefficient (Wildman–Crippen LogP) is 4.21.